The first-order valence-electron chi connectivity index (χ1n) is 6.50. The Morgan fingerprint density at radius 1 is 1.20 bits per heavy atom. The maximum atomic E-state index is 5.72. The highest BCUT2D eigenvalue weighted by Gasteiger charge is 2.18. The Balaban J connectivity index is 1.84. The molecule has 2 aromatic heterocycles. The van der Waals surface area contributed by atoms with Gasteiger partial charge in [0.15, 0.2) is 5.06 Å². The standard InChI is InChI=1S/C14H12N4OS/c1-2-6-11(13-15-17-18-16-13)10(5-1)12-8-9-4-3-7-19-14(9)20-12/h1-2,5-6,8H,3-4,7H2,(H,15,16,17,18). The Morgan fingerprint density at radius 3 is 2.90 bits per heavy atom. The first kappa shape index (κ1) is 11.6. The average molecular weight is 284 g/mol. The Morgan fingerprint density at radius 2 is 2.10 bits per heavy atom. The van der Waals surface area contributed by atoms with Crippen LogP contribution in [0.5, 0.6) is 5.06 Å². The molecule has 0 bridgehead atoms. The van der Waals surface area contributed by atoms with Gasteiger partial charge in [-0.25, -0.2) is 0 Å². The van der Waals surface area contributed by atoms with Gasteiger partial charge in [-0.2, -0.15) is 5.21 Å². The average Bonchev–Trinajstić information content (AvgIpc) is 3.16. The van der Waals surface area contributed by atoms with Crippen LogP contribution in [0.1, 0.15) is 12.0 Å². The number of nitrogens with zero attached hydrogens (tertiary/aromatic N) is 3. The predicted molar refractivity (Wildman–Crippen MR) is 76.7 cm³/mol. The number of hydrogen-bond donors (Lipinski definition) is 1. The van der Waals surface area contributed by atoms with E-state index in [9.17, 15) is 0 Å². The van der Waals surface area contributed by atoms with Crippen LogP contribution in [0, 0.1) is 0 Å². The number of thiophene rings is 1. The number of H-pyrrole nitrogens is 1. The van der Waals surface area contributed by atoms with Crippen LogP contribution in [-0.2, 0) is 6.42 Å². The zero-order valence-corrected chi connectivity index (χ0v) is 11.5. The number of aromatic amines is 1. The molecule has 0 unspecified atom stereocenters. The van der Waals surface area contributed by atoms with E-state index < -0.39 is 0 Å². The molecule has 0 radical (unpaired) electrons. The third-order valence-electron chi connectivity index (χ3n) is 3.37. The molecule has 6 heteroatoms. The highest BCUT2D eigenvalue weighted by Crippen LogP contribution is 2.42. The lowest BCUT2D eigenvalue weighted by Gasteiger charge is -2.11. The van der Waals surface area contributed by atoms with Gasteiger partial charge in [-0.1, -0.05) is 35.6 Å². The zero-order chi connectivity index (χ0) is 13.4. The normalized spacial score (nSPS) is 13.8. The molecule has 0 amide bonds. The van der Waals surface area contributed by atoms with Crippen LogP contribution in [-0.4, -0.2) is 27.2 Å². The molecule has 0 spiro atoms. The van der Waals surface area contributed by atoms with Gasteiger partial charge in [0.1, 0.15) is 0 Å². The summed E-state index contributed by atoms with van der Waals surface area (Å²) < 4.78 is 5.72. The number of hydrogen-bond acceptors (Lipinski definition) is 5. The van der Waals surface area contributed by atoms with Gasteiger partial charge in [0.2, 0.25) is 5.82 Å². The Hall–Kier alpha value is -2.21. The lowest BCUT2D eigenvalue weighted by atomic mass is 10.0. The van der Waals surface area contributed by atoms with Crippen LogP contribution in [0.2, 0.25) is 0 Å². The molecule has 0 fully saturated rings. The second-order valence-corrected chi connectivity index (χ2v) is 5.67. The van der Waals surface area contributed by atoms with Crippen molar-refractivity contribution in [2.75, 3.05) is 6.61 Å². The molecular weight excluding hydrogens is 272 g/mol. The summed E-state index contributed by atoms with van der Waals surface area (Å²) in [5, 5.41) is 15.4. The molecule has 4 rings (SSSR count). The van der Waals surface area contributed by atoms with E-state index in [-0.39, 0.29) is 0 Å². The first-order valence-corrected chi connectivity index (χ1v) is 7.32. The number of tetrazole rings is 1. The molecule has 1 aromatic carbocycles. The second-order valence-electron chi connectivity index (χ2n) is 4.66. The second kappa shape index (κ2) is 4.72. The van der Waals surface area contributed by atoms with Crippen molar-refractivity contribution in [3.8, 4) is 26.9 Å². The fourth-order valence-corrected chi connectivity index (χ4v) is 3.56. The van der Waals surface area contributed by atoms with Crippen LogP contribution in [0.3, 0.4) is 0 Å². The number of nitrogens with one attached hydrogen (secondary N) is 1. The minimum atomic E-state index is 0.618. The van der Waals surface area contributed by atoms with E-state index in [0.717, 1.165) is 35.6 Å². The van der Waals surface area contributed by atoms with Gasteiger partial charge < -0.3 is 4.74 Å². The van der Waals surface area contributed by atoms with E-state index in [0.29, 0.717) is 5.82 Å². The predicted octanol–water partition coefficient (Wildman–Crippen LogP) is 2.92. The summed E-state index contributed by atoms with van der Waals surface area (Å²) in [5.74, 6) is 0.618. The van der Waals surface area contributed by atoms with Gasteiger partial charge in [0.05, 0.1) is 6.61 Å². The smallest absolute Gasteiger partial charge is 0.205 e. The van der Waals surface area contributed by atoms with E-state index in [2.05, 4.69) is 32.8 Å². The Kier molecular flexibility index (Phi) is 2.74. The van der Waals surface area contributed by atoms with Crippen LogP contribution in [0.4, 0.5) is 0 Å². The summed E-state index contributed by atoms with van der Waals surface area (Å²) in [6.45, 7) is 0.819. The van der Waals surface area contributed by atoms with Crippen LogP contribution in [0.25, 0.3) is 21.8 Å². The third kappa shape index (κ3) is 1.89. The quantitative estimate of drug-likeness (QED) is 0.786. The molecule has 0 saturated heterocycles. The van der Waals surface area contributed by atoms with Crippen molar-refractivity contribution >= 4 is 11.3 Å². The number of fused-ring (bicyclic) bond motifs is 1. The van der Waals surface area contributed by atoms with Gasteiger partial charge in [0, 0.05) is 21.6 Å². The van der Waals surface area contributed by atoms with E-state index in [1.54, 1.807) is 11.3 Å². The largest absolute Gasteiger partial charge is 0.484 e. The molecule has 3 aromatic rings. The maximum absolute atomic E-state index is 5.72. The molecule has 0 saturated carbocycles. The molecule has 20 heavy (non-hydrogen) atoms. The van der Waals surface area contributed by atoms with Crippen molar-refractivity contribution in [3.63, 3.8) is 0 Å². The molecule has 1 N–H and O–H groups in total. The SMILES string of the molecule is c1ccc(-c2cc3c(s2)OCCC3)c(-c2nn[nH]n2)c1. The van der Waals surface area contributed by atoms with Gasteiger partial charge >= 0.3 is 0 Å². The monoisotopic (exact) mass is 284 g/mol. The number of aryl methyl sites for hydroxylation is 1. The van der Waals surface area contributed by atoms with Gasteiger partial charge in [-0.3, -0.25) is 0 Å². The van der Waals surface area contributed by atoms with Crippen molar-refractivity contribution in [1.82, 2.24) is 20.6 Å². The zero-order valence-electron chi connectivity index (χ0n) is 10.7. The van der Waals surface area contributed by atoms with Gasteiger partial charge in [-0.05, 0) is 24.1 Å². The minimum Gasteiger partial charge on any atom is -0.484 e. The molecule has 0 atom stereocenters. The summed E-state index contributed by atoms with van der Waals surface area (Å²) in [7, 11) is 0. The minimum absolute atomic E-state index is 0.618. The summed E-state index contributed by atoms with van der Waals surface area (Å²) in [6, 6.07) is 10.3. The number of aromatic nitrogens is 4. The van der Waals surface area contributed by atoms with E-state index in [1.807, 2.05) is 18.2 Å². The summed E-state index contributed by atoms with van der Waals surface area (Å²) in [6.07, 6.45) is 2.19. The number of benzene rings is 1. The van der Waals surface area contributed by atoms with Crippen LogP contribution < -0.4 is 4.74 Å². The highest BCUT2D eigenvalue weighted by atomic mass is 32.1. The Bertz CT molecular complexity index is 712. The van der Waals surface area contributed by atoms with E-state index in [1.165, 1.54) is 10.4 Å². The molecule has 5 nitrogen and oxygen atoms in total. The van der Waals surface area contributed by atoms with E-state index in [4.69, 9.17) is 4.74 Å². The van der Waals surface area contributed by atoms with Gasteiger partial charge in [0.25, 0.3) is 0 Å². The fraction of sp³-hybridized carbons (Fsp3) is 0.214. The lowest BCUT2D eigenvalue weighted by Crippen LogP contribution is -2.04. The van der Waals surface area contributed by atoms with Crippen molar-refractivity contribution in [2.45, 2.75) is 12.8 Å². The van der Waals surface area contributed by atoms with Crippen molar-refractivity contribution < 1.29 is 4.74 Å². The molecule has 1 aliphatic rings. The van der Waals surface area contributed by atoms with Crippen molar-refractivity contribution in [1.29, 1.82) is 0 Å². The molecule has 100 valence electrons. The molecule has 1 aliphatic heterocycles. The summed E-state index contributed by atoms with van der Waals surface area (Å²) in [5.41, 5.74) is 3.41. The van der Waals surface area contributed by atoms with Crippen LogP contribution in [0.15, 0.2) is 30.3 Å². The van der Waals surface area contributed by atoms with E-state index >= 15 is 0 Å². The van der Waals surface area contributed by atoms with Crippen molar-refractivity contribution in [2.24, 2.45) is 0 Å². The third-order valence-corrected chi connectivity index (χ3v) is 4.50. The first-order chi connectivity index (χ1) is 9.92. The summed E-state index contributed by atoms with van der Waals surface area (Å²) in [4.78, 5) is 1.19. The van der Waals surface area contributed by atoms with Crippen molar-refractivity contribution in [3.05, 3.63) is 35.9 Å². The fourth-order valence-electron chi connectivity index (χ4n) is 2.44. The van der Waals surface area contributed by atoms with Gasteiger partial charge in [-0.15, -0.1) is 10.2 Å². The molecule has 3 heterocycles. The molecular formula is C14H12N4OS. The lowest BCUT2D eigenvalue weighted by molar-refractivity contribution is 0.298. The Labute approximate surface area is 119 Å². The topological polar surface area (TPSA) is 63.7 Å². The maximum Gasteiger partial charge on any atom is 0.205 e. The summed E-state index contributed by atoms with van der Waals surface area (Å²) >= 11 is 1.69. The number of ether oxygens (including phenoxy) is 1. The van der Waals surface area contributed by atoms with Crippen LogP contribution >= 0.6 is 11.3 Å². The number of rotatable bonds is 2. The highest BCUT2D eigenvalue weighted by molar-refractivity contribution is 7.17. The molecule has 0 aliphatic carbocycles.